The Kier molecular flexibility index (Phi) is 7.77. The topological polar surface area (TPSA) is 83.9 Å². The van der Waals surface area contributed by atoms with E-state index in [1.165, 1.54) is 41.3 Å². The Labute approximate surface area is 186 Å². The van der Waals surface area contributed by atoms with E-state index in [1.54, 1.807) is 33.0 Å². The maximum absolute atomic E-state index is 13.5. The van der Waals surface area contributed by atoms with Crippen LogP contribution in [0.2, 0.25) is 0 Å². The van der Waals surface area contributed by atoms with E-state index < -0.39 is 26.3 Å². The lowest BCUT2D eigenvalue weighted by Gasteiger charge is -2.31. The average Bonchev–Trinajstić information content (AvgIpc) is 2.68. The Morgan fingerprint density at radius 3 is 2.19 bits per heavy atom. The highest BCUT2D eigenvalue weighted by Crippen LogP contribution is 2.34. The maximum atomic E-state index is 13.5. The normalized spacial score (nSPS) is 12.8. The average molecular weight is 465 g/mol. The van der Waals surface area contributed by atoms with Crippen LogP contribution in [0.25, 0.3) is 5.57 Å². The molecule has 1 unspecified atom stereocenters. The van der Waals surface area contributed by atoms with Crippen molar-refractivity contribution in [2.75, 3.05) is 19.8 Å². The molecule has 0 aliphatic carbocycles. The zero-order valence-electron chi connectivity index (χ0n) is 17.8. The second kappa shape index (κ2) is 9.74. The first-order chi connectivity index (χ1) is 14.4. The molecule has 0 bridgehead atoms. The largest absolute Gasteiger partial charge is 0.343 e. The standard InChI is InChI=1S/C22H25FN2O4S2/c1-15(16-8-12-19(13-9-16)31(5,28)29)20(17-6-10-18(23)11-7-17)21(26)25(4)14-22(2,3)30-24-27/h6-13,20H,1,14H2,2-5H3. The molecule has 2 aromatic carbocycles. The van der Waals surface area contributed by atoms with Gasteiger partial charge in [0.1, 0.15) is 5.82 Å². The maximum Gasteiger partial charge on any atom is 0.234 e. The quantitative estimate of drug-likeness (QED) is 0.397. The Morgan fingerprint density at radius 2 is 1.71 bits per heavy atom. The van der Waals surface area contributed by atoms with Gasteiger partial charge in [0, 0.05) is 36.4 Å². The predicted octanol–water partition coefficient (Wildman–Crippen LogP) is 4.68. The molecule has 0 saturated carbocycles. The van der Waals surface area contributed by atoms with Crippen LogP contribution >= 0.6 is 11.9 Å². The molecule has 0 fully saturated rings. The molecule has 0 spiro atoms. The van der Waals surface area contributed by atoms with Crippen LogP contribution in [0, 0.1) is 10.7 Å². The monoisotopic (exact) mass is 464 g/mol. The fourth-order valence-electron chi connectivity index (χ4n) is 3.23. The molecule has 0 aromatic heterocycles. The van der Waals surface area contributed by atoms with E-state index in [-0.39, 0.29) is 17.3 Å². The number of carbonyl (C=O) groups excluding carboxylic acids is 1. The summed E-state index contributed by atoms with van der Waals surface area (Å²) in [4.78, 5) is 25.7. The number of carbonyl (C=O) groups is 1. The molecule has 1 amide bonds. The highest BCUT2D eigenvalue weighted by molar-refractivity contribution is 7.99. The number of hydrogen-bond acceptors (Lipinski definition) is 6. The fourth-order valence-corrected chi connectivity index (χ4v) is 4.31. The summed E-state index contributed by atoms with van der Waals surface area (Å²) in [6.45, 7) is 7.94. The third kappa shape index (κ3) is 6.48. The first-order valence-corrected chi connectivity index (χ1v) is 12.0. The SMILES string of the molecule is C=C(c1ccc(S(C)(=O)=O)cc1)C(C(=O)N(C)CC(C)(C)SN=O)c1ccc(F)cc1. The lowest BCUT2D eigenvalue weighted by Crippen LogP contribution is -2.40. The van der Waals surface area contributed by atoms with Gasteiger partial charge in [-0.2, -0.15) is 0 Å². The summed E-state index contributed by atoms with van der Waals surface area (Å²) < 4.78 is 39.2. The van der Waals surface area contributed by atoms with E-state index in [1.807, 2.05) is 0 Å². The van der Waals surface area contributed by atoms with Gasteiger partial charge in [-0.25, -0.2) is 12.8 Å². The van der Waals surface area contributed by atoms with Crippen molar-refractivity contribution in [3.63, 3.8) is 0 Å². The predicted molar refractivity (Wildman–Crippen MR) is 123 cm³/mol. The van der Waals surface area contributed by atoms with Crippen molar-refractivity contribution in [1.29, 1.82) is 0 Å². The number of sulfone groups is 1. The number of likely N-dealkylation sites (N-methyl/N-ethyl adjacent to an activating group) is 1. The van der Waals surface area contributed by atoms with Gasteiger partial charge in [-0.1, -0.05) is 30.8 Å². The molecule has 166 valence electrons. The molecule has 0 aliphatic heterocycles. The number of nitroso groups, excluding NO2 is 1. The zero-order chi connectivity index (χ0) is 23.4. The summed E-state index contributed by atoms with van der Waals surface area (Å²) in [5.41, 5.74) is 1.59. The van der Waals surface area contributed by atoms with E-state index in [0.717, 1.165) is 18.2 Å². The molecule has 6 nitrogen and oxygen atoms in total. The van der Waals surface area contributed by atoms with E-state index in [9.17, 15) is 22.5 Å². The van der Waals surface area contributed by atoms with Crippen LogP contribution < -0.4 is 0 Å². The molecule has 1 atom stereocenters. The number of amides is 1. The van der Waals surface area contributed by atoms with Crippen LogP contribution in [0.5, 0.6) is 0 Å². The molecule has 0 radical (unpaired) electrons. The number of nitrogens with zero attached hydrogens (tertiary/aromatic N) is 2. The second-order valence-corrected chi connectivity index (χ2v) is 11.4. The second-order valence-electron chi connectivity index (χ2n) is 7.93. The van der Waals surface area contributed by atoms with Crippen LogP contribution in [0.3, 0.4) is 0 Å². The number of rotatable bonds is 9. The van der Waals surface area contributed by atoms with Gasteiger partial charge in [0.15, 0.2) is 9.84 Å². The highest BCUT2D eigenvalue weighted by Gasteiger charge is 2.31. The minimum Gasteiger partial charge on any atom is -0.343 e. The molecule has 0 heterocycles. The minimum atomic E-state index is -3.36. The molecule has 9 heteroatoms. The summed E-state index contributed by atoms with van der Waals surface area (Å²) in [7, 11) is -1.74. The van der Waals surface area contributed by atoms with Gasteiger partial charge in [0.05, 0.1) is 15.6 Å². The zero-order valence-corrected chi connectivity index (χ0v) is 19.5. The summed E-state index contributed by atoms with van der Waals surface area (Å²) in [5.74, 6) is -1.54. The van der Waals surface area contributed by atoms with Gasteiger partial charge < -0.3 is 4.90 Å². The Hall–Kier alpha value is -2.52. The van der Waals surface area contributed by atoms with Crippen molar-refractivity contribution < 1.29 is 17.6 Å². The van der Waals surface area contributed by atoms with Crippen molar-refractivity contribution in [1.82, 2.24) is 4.90 Å². The molecule has 31 heavy (non-hydrogen) atoms. The number of hydrogen-bond donors (Lipinski definition) is 0. The van der Waals surface area contributed by atoms with Gasteiger partial charge in [-0.15, -0.1) is 4.91 Å². The van der Waals surface area contributed by atoms with Crippen molar-refractivity contribution in [3.05, 3.63) is 77.0 Å². The van der Waals surface area contributed by atoms with E-state index in [2.05, 4.69) is 11.2 Å². The van der Waals surface area contributed by atoms with Crippen LogP contribution in [0.4, 0.5) is 4.39 Å². The van der Waals surface area contributed by atoms with E-state index in [4.69, 9.17) is 0 Å². The van der Waals surface area contributed by atoms with Gasteiger partial charge >= 0.3 is 0 Å². The van der Waals surface area contributed by atoms with Gasteiger partial charge in [0.25, 0.3) is 0 Å². The molecule has 0 saturated heterocycles. The van der Waals surface area contributed by atoms with Crippen molar-refractivity contribution >= 4 is 33.3 Å². The van der Waals surface area contributed by atoms with Crippen LogP contribution in [-0.4, -0.2) is 43.8 Å². The smallest absolute Gasteiger partial charge is 0.234 e. The molecule has 0 N–H and O–H groups in total. The van der Waals surface area contributed by atoms with Crippen LogP contribution in [-0.2, 0) is 14.6 Å². The first kappa shape index (κ1) is 24.7. The lowest BCUT2D eigenvalue weighted by molar-refractivity contribution is -0.130. The third-order valence-electron chi connectivity index (χ3n) is 4.73. The summed E-state index contributed by atoms with van der Waals surface area (Å²) >= 11 is 0.844. The van der Waals surface area contributed by atoms with Gasteiger partial charge in [-0.05, 0) is 54.8 Å². The molecule has 0 aliphatic rings. The van der Waals surface area contributed by atoms with Crippen LogP contribution in [0.15, 0.2) is 64.6 Å². The number of benzene rings is 2. The van der Waals surface area contributed by atoms with Gasteiger partial charge in [0.2, 0.25) is 5.91 Å². The Morgan fingerprint density at radius 1 is 1.16 bits per heavy atom. The molecular formula is C22H25FN2O4S2. The fraction of sp³-hybridized carbons (Fsp3) is 0.318. The summed E-state index contributed by atoms with van der Waals surface area (Å²) in [6.07, 6.45) is 1.12. The summed E-state index contributed by atoms with van der Waals surface area (Å²) in [6, 6.07) is 11.7. The van der Waals surface area contributed by atoms with Crippen molar-refractivity contribution in [2.24, 2.45) is 4.58 Å². The lowest BCUT2D eigenvalue weighted by atomic mass is 9.86. The highest BCUT2D eigenvalue weighted by atomic mass is 32.2. The van der Waals surface area contributed by atoms with E-state index >= 15 is 0 Å². The van der Waals surface area contributed by atoms with Crippen molar-refractivity contribution in [2.45, 2.75) is 29.4 Å². The van der Waals surface area contributed by atoms with Gasteiger partial charge in [-0.3, -0.25) is 4.79 Å². The minimum absolute atomic E-state index is 0.158. The molecular weight excluding hydrogens is 439 g/mol. The van der Waals surface area contributed by atoms with Crippen LogP contribution in [0.1, 0.15) is 30.9 Å². The number of halogens is 1. The molecule has 2 aromatic rings. The third-order valence-corrected chi connectivity index (χ3v) is 6.56. The Balaban J connectivity index is 2.43. The first-order valence-electron chi connectivity index (χ1n) is 9.36. The van der Waals surface area contributed by atoms with E-state index in [0.29, 0.717) is 16.7 Å². The Bertz CT molecular complexity index is 1070. The molecule has 2 rings (SSSR count). The van der Waals surface area contributed by atoms with Crippen molar-refractivity contribution in [3.8, 4) is 0 Å². The summed E-state index contributed by atoms with van der Waals surface area (Å²) in [5, 5.41) is 0.